The van der Waals surface area contributed by atoms with Gasteiger partial charge in [-0.2, -0.15) is 5.10 Å². The number of nitrogens with one attached hydrogen (secondary N) is 1. The van der Waals surface area contributed by atoms with E-state index in [-0.39, 0.29) is 5.75 Å². The van der Waals surface area contributed by atoms with E-state index in [1.807, 2.05) is 6.07 Å². The zero-order valence-corrected chi connectivity index (χ0v) is 9.20. The van der Waals surface area contributed by atoms with Crippen molar-refractivity contribution >= 4 is 12.2 Å². The summed E-state index contributed by atoms with van der Waals surface area (Å²) in [5, 5.41) is 20.7. The van der Waals surface area contributed by atoms with E-state index in [1.54, 1.807) is 31.3 Å². The van der Waals surface area contributed by atoms with Crippen LogP contribution in [0.2, 0.25) is 0 Å². The van der Waals surface area contributed by atoms with Gasteiger partial charge in [-0.05, 0) is 24.6 Å². The van der Waals surface area contributed by atoms with Crippen molar-refractivity contribution in [2.75, 3.05) is 11.3 Å². The normalized spacial score (nSPS) is 10.9. The molecule has 0 radical (unpaired) electrons. The molecule has 7 heteroatoms. The minimum Gasteiger partial charge on any atom is -0.508 e. The monoisotopic (exact) mass is 232 g/mol. The Labute approximate surface area is 97.6 Å². The van der Waals surface area contributed by atoms with Gasteiger partial charge < -0.3 is 10.9 Å². The Morgan fingerprint density at radius 1 is 1.47 bits per heavy atom. The highest BCUT2D eigenvalue weighted by Crippen LogP contribution is 2.09. The number of hydrazone groups is 1. The predicted molar refractivity (Wildman–Crippen MR) is 64.2 cm³/mol. The average molecular weight is 232 g/mol. The summed E-state index contributed by atoms with van der Waals surface area (Å²) < 4.78 is 1.29. The molecule has 0 unspecified atom stereocenters. The first-order chi connectivity index (χ1) is 8.16. The molecule has 7 nitrogen and oxygen atoms in total. The summed E-state index contributed by atoms with van der Waals surface area (Å²) in [6, 6.07) is 6.71. The molecule has 88 valence electrons. The predicted octanol–water partition coefficient (Wildman–Crippen LogP) is 0.452. The van der Waals surface area contributed by atoms with Crippen LogP contribution >= 0.6 is 0 Å². The number of aryl methyl sites for hydroxylation is 1. The SMILES string of the molecule is Cc1nnc(N/N=C/c2cccc(O)c2)n1N. The molecule has 0 aliphatic heterocycles. The number of hydrogen-bond acceptors (Lipinski definition) is 6. The van der Waals surface area contributed by atoms with Crippen molar-refractivity contribution in [2.24, 2.45) is 5.10 Å². The van der Waals surface area contributed by atoms with Crippen molar-refractivity contribution in [1.29, 1.82) is 0 Å². The Bertz CT molecular complexity index is 547. The molecule has 1 aromatic carbocycles. The quantitative estimate of drug-likeness (QED) is 0.405. The molecule has 0 bridgehead atoms. The Kier molecular flexibility index (Phi) is 2.91. The smallest absolute Gasteiger partial charge is 0.263 e. The van der Waals surface area contributed by atoms with Gasteiger partial charge in [0, 0.05) is 0 Å². The molecule has 17 heavy (non-hydrogen) atoms. The van der Waals surface area contributed by atoms with Gasteiger partial charge in [-0.3, -0.25) is 0 Å². The molecule has 0 saturated carbocycles. The van der Waals surface area contributed by atoms with Gasteiger partial charge >= 0.3 is 0 Å². The molecule has 1 aromatic heterocycles. The summed E-state index contributed by atoms with van der Waals surface area (Å²) >= 11 is 0. The number of phenolic OH excluding ortho intramolecular Hbond substituents is 1. The Hall–Kier alpha value is -2.57. The third-order valence-corrected chi connectivity index (χ3v) is 2.11. The first kappa shape index (κ1) is 10.9. The van der Waals surface area contributed by atoms with Gasteiger partial charge in [0.2, 0.25) is 0 Å². The fourth-order valence-corrected chi connectivity index (χ4v) is 1.22. The molecular weight excluding hydrogens is 220 g/mol. The number of anilines is 1. The topological polar surface area (TPSA) is 101 Å². The van der Waals surface area contributed by atoms with Gasteiger partial charge in [-0.25, -0.2) is 10.1 Å². The number of rotatable bonds is 3. The summed E-state index contributed by atoms with van der Waals surface area (Å²) in [6.45, 7) is 1.73. The van der Waals surface area contributed by atoms with Crippen molar-refractivity contribution in [3.63, 3.8) is 0 Å². The van der Waals surface area contributed by atoms with E-state index in [9.17, 15) is 5.11 Å². The first-order valence-corrected chi connectivity index (χ1v) is 4.92. The number of aromatic nitrogens is 3. The molecule has 2 rings (SSSR count). The standard InChI is InChI=1S/C10H12N6O/c1-7-13-15-10(16(7)11)14-12-6-8-3-2-4-9(17)5-8/h2-6,17H,11H2,1H3,(H,14,15)/b12-6+. The van der Waals surface area contributed by atoms with Crippen LogP contribution in [0.3, 0.4) is 0 Å². The lowest BCUT2D eigenvalue weighted by molar-refractivity contribution is 0.475. The molecular formula is C10H12N6O. The van der Waals surface area contributed by atoms with Crippen LogP contribution in [0.25, 0.3) is 0 Å². The molecule has 2 aromatic rings. The van der Waals surface area contributed by atoms with Crippen LogP contribution in [0.4, 0.5) is 5.95 Å². The molecule has 0 aliphatic carbocycles. The number of benzene rings is 1. The summed E-state index contributed by atoms with van der Waals surface area (Å²) in [5.41, 5.74) is 3.42. The van der Waals surface area contributed by atoms with Crippen molar-refractivity contribution in [1.82, 2.24) is 14.9 Å². The lowest BCUT2D eigenvalue weighted by Crippen LogP contribution is -2.13. The third-order valence-electron chi connectivity index (χ3n) is 2.11. The molecule has 0 aliphatic rings. The van der Waals surface area contributed by atoms with E-state index in [0.717, 1.165) is 5.56 Å². The highest BCUT2D eigenvalue weighted by atomic mass is 16.3. The van der Waals surface area contributed by atoms with Crippen LogP contribution in [-0.4, -0.2) is 26.2 Å². The van der Waals surface area contributed by atoms with Gasteiger partial charge in [-0.1, -0.05) is 12.1 Å². The minimum atomic E-state index is 0.187. The number of phenols is 1. The van der Waals surface area contributed by atoms with Gasteiger partial charge in [0.15, 0.2) is 5.82 Å². The van der Waals surface area contributed by atoms with Gasteiger partial charge in [0.25, 0.3) is 5.95 Å². The summed E-state index contributed by atoms with van der Waals surface area (Å²) in [7, 11) is 0. The fourth-order valence-electron chi connectivity index (χ4n) is 1.22. The number of hydrogen-bond donors (Lipinski definition) is 3. The van der Waals surface area contributed by atoms with Crippen LogP contribution in [0.5, 0.6) is 5.75 Å². The third kappa shape index (κ3) is 2.51. The molecule has 0 fully saturated rings. The molecule has 0 saturated heterocycles. The van der Waals surface area contributed by atoms with Gasteiger partial charge in [0.1, 0.15) is 5.75 Å². The maximum Gasteiger partial charge on any atom is 0.263 e. The maximum atomic E-state index is 9.25. The number of nitrogens with two attached hydrogens (primary N) is 1. The van der Waals surface area contributed by atoms with E-state index in [4.69, 9.17) is 5.84 Å². The number of nitrogens with zero attached hydrogens (tertiary/aromatic N) is 4. The van der Waals surface area contributed by atoms with E-state index >= 15 is 0 Å². The number of aromatic hydroxyl groups is 1. The molecule has 1 heterocycles. The van der Waals surface area contributed by atoms with Crippen LogP contribution < -0.4 is 11.3 Å². The van der Waals surface area contributed by atoms with Crippen molar-refractivity contribution in [3.05, 3.63) is 35.7 Å². The van der Waals surface area contributed by atoms with E-state index in [0.29, 0.717) is 11.8 Å². The van der Waals surface area contributed by atoms with Crippen molar-refractivity contribution in [2.45, 2.75) is 6.92 Å². The molecule has 4 N–H and O–H groups in total. The highest BCUT2D eigenvalue weighted by Gasteiger charge is 2.02. The summed E-state index contributed by atoms with van der Waals surface area (Å²) in [4.78, 5) is 0. The van der Waals surface area contributed by atoms with Gasteiger partial charge in [0.05, 0.1) is 6.21 Å². The molecule has 0 atom stereocenters. The lowest BCUT2D eigenvalue weighted by Gasteiger charge is -1.99. The van der Waals surface area contributed by atoms with Gasteiger partial charge in [-0.15, -0.1) is 10.2 Å². The van der Waals surface area contributed by atoms with E-state index in [2.05, 4.69) is 20.7 Å². The summed E-state index contributed by atoms with van der Waals surface area (Å²) in [6.07, 6.45) is 1.55. The van der Waals surface area contributed by atoms with Crippen molar-refractivity contribution < 1.29 is 5.11 Å². The van der Waals surface area contributed by atoms with E-state index < -0.39 is 0 Å². The minimum absolute atomic E-state index is 0.187. The average Bonchev–Trinajstić information content (AvgIpc) is 2.61. The van der Waals surface area contributed by atoms with Crippen molar-refractivity contribution in [3.8, 4) is 5.75 Å². The van der Waals surface area contributed by atoms with Crippen LogP contribution in [0.1, 0.15) is 11.4 Å². The summed E-state index contributed by atoms with van der Waals surface area (Å²) in [5.74, 6) is 6.74. The van der Waals surface area contributed by atoms with E-state index in [1.165, 1.54) is 4.68 Å². The zero-order chi connectivity index (χ0) is 12.3. The van der Waals surface area contributed by atoms with Crippen LogP contribution in [-0.2, 0) is 0 Å². The van der Waals surface area contributed by atoms with Crippen LogP contribution in [0.15, 0.2) is 29.4 Å². The second kappa shape index (κ2) is 4.52. The highest BCUT2D eigenvalue weighted by molar-refractivity contribution is 5.80. The molecule has 0 spiro atoms. The Morgan fingerprint density at radius 3 is 2.94 bits per heavy atom. The largest absolute Gasteiger partial charge is 0.508 e. The second-order valence-electron chi connectivity index (χ2n) is 3.41. The Balaban J connectivity index is 2.05. The lowest BCUT2D eigenvalue weighted by atomic mass is 10.2. The number of nitrogen functional groups attached to an aromatic ring is 1. The fraction of sp³-hybridized carbons (Fsp3) is 0.100. The zero-order valence-electron chi connectivity index (χ0n) is 9.20. The maximum absolute atomic E-state index is 9.25. The molecule has 0 amide bonds. The van der Waals surface area contributed by atoms with Crippen LogP contribution in [0, 0.1) is 6.92 Å². The second-order valence-corrected chi connectivity index (χ2v) is 3.41. The first-order valence-electron chi connectivity index (χ1n) is 4.92. The Morgan fingerprint density at radius 2 is 2.29 bits per heavy atom.